The smallest absolute Gasteiger partial charge is 0.267 e. The lowest BCUT2D eigenvalue weighted by Gasteiger charge is -2.32. The SMILES string of the molecule is O=C(/C=C/c1ccc(NC2CCN(C(=O)c3ccccc3)CC2)nc1)NOC1CCCCO1. The molecule has 174 valence electrons. The van der Waals surface area contributed by atoms with Gasteiger partial charge in [0, 0.05) is 50.0 Å². The molecule has 2 aliphatic rings. The van der Waals surface area contributed by atoms with Crippen LogP contribution in [0.25, 0.3) is 6.08 Å². The van der Waals surface area contributed by atoms with E-state index in [2.05, 4.69) is 15.8 Å². The van der Waals surface area contributed by atoms with Crippen molar-refractivity contribution < 1.29 is 19.2 Å². The Hall–Kier alpha value is -3.23. The van der Waals surface area contributed by atoms with Crippen molar-refractivity contribution in [3.63, 3.8) is 0 Å². The van der Waals surface area contributed by atoms with E-state index in [9.17, 15) is 9.59 Å². The molecule has 8 nitrogen and oxygen atoms in total. The highest BCUT2D eigenvalue weighted by molar-refractivity contribution is 5.94. The molecule has 2 N–H and O–H groups in total. The third kappa shape index (κ3) is 6.87. The molecule has 1 unspecified atom stereocenters. The average molecular weight is 451 g/mol. The van der Waals surface area contributed by atoms with Gasteiger partial charge < -0.3 is 15.0 Å². The van der Waals surface area contributed by atoms with E-state index in [1.165, 1.54) is 6.08 Å². The van der Waals surface area contributed by atoms with Crippen LogP contribution in [0.2, 0.25) is 0 Å². The molecule has 0 bridgehead atoms. The number of benzene rings is 1. The van der Waals surface area contributed by atoms with Gasteiger partial charge in [0.15, 0.2) is 6.29 Å². The molecule has 2 fully saturated rings. The van der Waals surface area contributed by atoms with Gasteiger partial charge in [-0.05, 0) is 61.6 Å². The van der Waals surface area contributed by atoms with Gasteiger partial charge in [-0.1, -0.05) is 18.2 Å². The maximum Gasteiger partial charge on any atom is 0.267 e. The molecular weight excluding hydrogens is 420 g/mol. The van der Waals surface area contributed by atoms with Crippen LogP contribution in [0, 0.1) is 0 Å². The molecule has 2 saturated heterocycles. The summed E-state index contributed by atoms with van der Waals surface area (Å²) in [6.07, 6.45) is 9.02. The normalized spacial score (nSPS) is 19.4. The number of likely N-dealkylation sites (tertiary alicyclic amines) is 1. The Morgan fingerprint density at radius 3 is 2.58 bits per heavy atom. The zero-order valence-corrected chi connectivity index (χ0v) is 18.6. The minimum Gasteiger partial charge on any atom is -0.367 e. The van der Waals surface area contributed by atoms with Crippen LogP contribution in [0.15, 0.2) is 54.7 Å². The topological polar surface area (TPSA) is 92.8 Å². The number of piperidine rings is 1. The maximum atomic E-state index is 12.6. The molecule has 1 aromatic carbocycles. The molecular formula is C25H30N4O4. The lowest BCUT2D eigenvalue weighted by molar-refractivity contribution is -0.198. The number of hydrogen-bond acceptors (Lipinski definition) is 6. The molecule has 0 aliphatic carbocycles. The minimum absolute atomic E-state index is 0.0871. The van der Waals surface area contributed by atoms with Crippen molar-refractivity contribution in [2.24, 2.45) is 0 Å². The third-order valence-electron chi connectivity index (χ3n) is 5.80. The standard InChI is InChI=1S/C25H30N4O4/c30-23(28-33-24-8-4-5-17-32-24)12-10-19-9-11-22(26-18-19)27-21-13-15-29(16-14-21)25(31)20-6-2-1-3-7-20/h1-3,6-7,9-12,18,21,24H,4-5,8,13-17H2,(H,26,27)(H,28,30)/b12-10+. The molecule has 0 saturated carbocycles. The summed E-state index contributed by atoms with van der Waals surface area (Å²) in [6.45, 7) is 2.10. The summed E-state index contributed by atoms with van der Waals surface area (Å²) in [5.74, 6) is 0.523. The van der Waals surface area contributed by atoms with Crippen molar-refractivity contribution >= 4 is 23.7 Å². The van der Waals surface area contributed by atoms with Crippen molar-refractivity contribution in [1.82, 2.24) is 15.4 Å². The average Bonchev–Trinajstić information content (AvgIpc) is 2.88. The van der Waals surface area contributed by atoms with E-state index < -0.39 is 0 Å². The summed E-state index contributed by atoms with van der Waals surface area (Å²) < 4.78 is 5.41. The summed E-state index contributed by atoms with van der Waals surface area (Å²) in [5.41, 5.74) is 3.94. The molecule has 1 aromatic heterocycles. The molecule has 1 atom stereocenters. The third-order valence-corrected chi connectivity index (χ3v) is 5.80. The zero-order valence-electron chi connectivity index (χ0n) is 18.6. The first-order valence-corrected chi connectivity index (χ1v) is 11.5. The summed E-state index contributed by atoms with van der Waals surface area (Å²) in [5, 5.41) is 3.44. The highest BCUT2D eigenvalue weighted by atomic mass is 16.8. The second-order valence-corrected chi connectivity index (χ2v) is 8.27. The van der Waals surface area contributed by atoms with E-state index >= 15 is 0 Å². The van der Waals surface area contributed by atoms with Gasteiger partial charge in [0.25, 0.3) is 11.8 Å². The first kappa shape index (κ1) is 22.9. The van der Waals surface area contributed by atoms with E-state index in [-0.39, 0.29) is 24.1 Å². The number of hydrogen-bond donors (Lipinski definition) is 2. The molecule has 2 aromatic rings. The molecule has 4 rings (SSSR count). The van der Waals surface area contributed by atoms with Crippen LogP contribution in [-0.2, 0) is 14.4 Å². The Morgan fingerprint density at radius 1 is 1.06 bits per heavy atom. The molecule has 3 heterocycles. The highest BCUT2D eigenvalue weighted by Crippen LogP contribution is 2.18. The number of pyridine rings is 1. The number of carbonyl (C=O) groups is 2. The van der Waals surface area contributed by atoms with Crippen LogP contribution in [0.1, 0.15) is 48.0 Å². The Bertz CT molecular complexity index is 935. The lowest BCUT2D eigenvalue weighted by Crippen LogP contribution is -2.42. The second kappa shape index (κ2) is 11.6. The number of nitrogens with one attached hydrogen (secondary N) is 2. The number of rotatable bonds is 7. The van der Waals surface area contributed by atoms with E-state index in [4.69, 9.17) is 9.57 Å². The van der Waals surface area contributed by atoms with E-state index in [1.807, 2.05) is 47.4 Å². The van der Waals surface area contributed by atoms with Gasteiger partial charge in [-0.3, -0.25) is 9.59 Å². The lowest BCUT2D eigenvalue weighted by atomic mass is 10.0. The Morgan fingerprint density at radius 2 is 1.88 bits per heavy atom. The molecule has 0 spiro atoms. The van der Waals surface area contributed by atoms with Crippen LogP contribution in [0.3, 0.4) is 0 Å². The predicted octanol–water partition coefficient (Wildman–Crippen LogP) is 3.39. The fourth-order valence-electron chi connectivity index (χ4n) is 3.92. The molecule has 2 aliphatic heterocycles. The Kier molecular flexibility index (Phi) is 8.05. The number of aromatic nitrogens is 1. The fraction of sp³-hybridized carbons (Fsp3) is 0.400. The van der Waals surface area contributed by atoms with Gasteiger partial charge in [0.1, 0.15) is 5.82 Å². The quantitative estimate of drug-likeness (QED) is 0.496. The summed E-state index contributed by atoms with van der Waals surface area (Å²) >= 11 is 0. The minimum atomic E-state index is -0.369. The van der Waals surface area contributed by atoms with Gasteiger partial charge in [0.05, 0.1) is 0 Å². The number of amides is 2. The first-order chi connectivity index (χ1) is 16.2. The fourth-order valence-corrected chi connectivity index (χ4v) is 3.92. The largest absolute Gasteiger partial charge is 0.367 e. The van der Waals surface area contributed by atoms with Gasteiger partial charge in [-0.15, -0.1) is 0 Å². The van der Waals surface area contributed by atoms with Crippen LogP contribution in [-0.4, -0.2) is 53.7 Å². The number of nitrogens with zero attached hydrogens (tertiary/aromatic N) is 2. The number of anilines is 1. The van der Waals surface area contributed by atoms with Crippen molar-refractivity contribution in [3.05, 3.63) is 65.9 Å². The second-order valence-electron chi connectivity index (χ2n) is 8.27. The molecule has 8 heteroatoms. The van der Waals surface area contributed by atoms with E-state index in [0.717, 1.165) is 62.1 Å². The zero-order chi connectivity index (χ0) is 22.9. The Labute approximate surface area is 193 Å². The summed E-state index contributed by atoms with van der Waals surface area (Å²) in [6, 6.07) is 13.5. The number of carbonyl (C=O) groups excluding carboxylic acids is 2. The van der Waals surface area contributed by atoms with Gasteiger partial charge in [0.2, 0.25) is 0 Å². The predicted molar refractivity (Wildman–Crippen MR) is 125 cm³/mol. The van der Waals surface area contributed by atoms with Crippen molar-refractivity contribution in [2.45, 2.75) is 44.4 Å². The van der Waals surface area contributed by atoms with Crippen LogP contribution < -0.4 is 10.8 Å². The number of hydroxylamine groups is 1. The number of ether oxygens (including phenoxy) is 1. The van der Waals surface area contributed by atoms with E-state index in [0.29, 0.717) is 6.61 Å². The summed E-state index contributed by atoms with van der Waals surface area (Å²) in [4.78, 5) is 36.1. The first-order valence-electron chi connectivity index (χ1n) is 11.5. The van der Waals surface area contributed by atoms with Gasteiger partial charge in [-0.2, -0.15) is 0 Å². The van der Waals surface area contributed by atoms with Crippen molar-refractivity contribution in [3.8, 4) is 0 Å². The monoisotopic (exact) mass is 450 g/mol. The van der Waals surface area contributed by atoms with Gasteiger partial charge in [-0.25, -0.2) is 15.3 Å². The highest BCUT2D eigenvalue weighted by Gasteiger charge is 2.23. The maximum absolute atomic E-state index is 12.6. The van der Waals surface area contributed by atoms with E-state index in [1.54, 1.807) is 12.3 Å². The Balaban J connectivity index is 1.19. The van der Waals surface area contributed by atoms with Crippen LogP contribution >= 0.6 is 0 Å². The van der Waals surface area contributed by atoms with Crippen molar-refractivity contribution in [2.75, 3.05) is 25.0 Å². The molecule has 0 radical (unpaired) electrons. The molecule has 2 amide bonds. The van der Waals surface area contributed by atoms with Gasteiger partial charge >= 0.3 is 0 Å². The summed E-state index contributed by atoms with van der Waals surface area (Å²) in [7, 11) is 0. The van der Waals surface area contributed by atoms with Crippen LogP contribution in [0.5, 0.6) is 0 Å². The van der Waals surface area contributed by atoms with Crippen LogP contribution in [0.4, 0.5) is 5.82 Å². The molecule has 33 heavy (non-hydrogen) atoms. The van der Waals surface area contributed by atoms with Crippen molar-refractivity contribution in [1.29, 1.82) is 0 Å².